The molecule has 0 aromatic carbocycles. The topological polar surface area (TPSA) is 76.5 Å². The van der Waals surface area contributed by atoms with Crippen molar-refractivity contribution in [3.8, 4) is 0 Å². The first-order valence-electron chi connectivity index (χ1n) is 4.73. The van der Waals surface area contributed by atoms with Crippen molar-refractivity contribution in [1.29, 1.82) is 0 Å². The number of aromatic amines is 1. The van der Waals surface area contributed by atoms with Crippen LogP contribution in [0.3, 0.4) is 0 Å². The maximum absolute atomic E-state index is 11.7. The Labute approximate surface area is 86.3 Å². The fraction of sp³-hybridized carbons (Fsp3) is 0.333. The third-order valence-corrected chi connectivity index (χ3v) is 1.98. The third-order valence-electron chi connectivity index (χ3n) is 1.98. The zero-order valence-electron chi connectivity index (χ0n) is 8.34. The number of hydrogen-bond acceptors (Lipinski definition) is 4. The lowest BCUT2D eigenvalue weighted by Crippen LogP contribution is -2.03. The number of carbonyl (C=O) groups is 1. The van der Waals surface area contributed by atoms with Crippen LogP contribution in [-0.4, -0.2) is 30.7 Å². The molecule has 0 saturated heterocycles. The van der Waals surface area contributed by atoms with Crippen LogP contribution in [0.4, 0.5) is 0 Å². The number of ketones is 1. The van der Waals surface area contributed by atoms with Crippen LogP contribution in [0, 0.1) is 0 Å². The summed E-state index contributed by atoms with van der Waals surface area (Å²) in [6.45, 7) is 2.86. The fourth-order valence-corrected chi connectivity index (χ4v) is 1.28. The number of nitrogens with one attached hydrogen (secondary N) is 1. The minimum atomic E-state index is -0.185. The zero-order valence-corrected chi connectivity index (χ0v) is 8.34. The average molecular weight is 205 g/mol. The van der Waals surface area contributed by atoms with Crippen LogP contribution in [0.25, 0.3) is 0 Å². The van der Waals surface area contributed by atoms with E-state index in [-0.39, 0.29) is 11.6 Å². The molecule has 6 heteroatoms. The molecule has 2 aromatic heterocycles. The first-order chi connectivity index (χ1) is 7.31. The second-order valence-electron chi connectivity index (χ2n) is 3.16. The van der Waals surface area contributed by atoms with Gasteiger partial charge in [0.25, 0.3) is 0 Å². The number of carbonyl (C=O) groups excluding carboxylic acids is 1. The van der Waals surface area contributed by atoms with Crippen molar-refractivity contribution in [2.75, 3.05) is 0 Å². The molecule has 0 spiro atoms. The summed E-state index contributed by atoms with van der Waals surface area (Å²) in [5.74, 6) is 0.0564. The van der Waals surface area contributed by atoms with Crippen LogP contribution in [0.1, 0.15) is 29.5 Å². The molecule has 0 aliphatic heterocycles. The Morgan fingerprint density at radius 1 is 1.60 bits per heavy atom. The number of rotatable bonds is 4. The number of hydrogen-bond donors (Lipinski definition) is 1. The molecule has 0 atom stereocenters. The highest BCUT2D eigenvalue weighted by atomic mass is 16.1. The number of nitrogens with zero attached hydrogens (tertiary/aromatic N) is 4. The van der Waals surface area contributed by atoms with Crippen molar-refractivity contribution in [3.05, 3.63) is 30.1 Å². The first-order valence-corrected chi connectivity index (χ1v) is 4.73. The molecule has 6 nitrogen and oxygen atoms in total. The van der Waals surface area contributed by atoms with E-state index in [0.717, 1.165) is 13.0 Å². The van der Waals surface area contributed by atoms with Crippen LogP contribution in [0.5, 0.6) is 0 Å². The zero-order chi connectivity index (χ0) is 10.7. The molecule has 0 saturated carbocycles. The van der Waals surface area contributed by atoms with Gasteiger partial charge in [0, 0.05) is 12.7 Å². The second-order valence-corrected chi connectivity index (χ2v) is 3.16. The van der Waals surface area contributed by atoms with E-state index >= 15 is 0 Å². The first kappa shape index (κ1) is 9.57. The van der Waals surface area contributed by atoms with E-state index in [9.17, 15) is 4.79 Å². The van der Waals surface area contributed by atoms with Crippen molar-refractivity contribution < 1.29 is 4.79 Å². The van der Waals surface area contributed by atoms with E-state index in [2.05, 4.69) is 27.2 Å². The van der Waals surface area contributed by atoms with Gasteiger partial charge >= 0.3 is 0 Å². The van der Waals surface area contributed by atoms with Gasteiger partial charge in [-0.1, -0.05) is 6.92 Å². The monoisotopic (exact) mass is 205 g/mol. The summed E-state index contributed by atoms with van der Waals surface area (Å²) in [5.41, 5.74) is 0.528. The highest BCUT2D eigenvalue weighted by Crippen LogP contribution is 2.04. The maximum Gasteiger partial charge on any atom is 0.232 e. The van der Waals surface area contributed by atoms with Crippen LogP contribution < -0.4 is 0 Å². The molecule has 2 heterocycles. The van der Waals surface area contributed by atoms with Crippen molar-refractivity contribution in [2.24, 2.45) is 0 Å². The molecule has 0 bridgehead atoms. The Morgan fingerprint density at radius 3 is 3.13 bits per heavy atom. The summed E-state index contributed by atoms with van der Waals surface area (Å²) < 4.78 is 1.74. The maximum atomic E-state index is 11.7. The van der Waals surface area contributed by atoms with Gasteiger partial charge in [0.05, 0.1) is 11.8 Å². The quantitative estimate of drug-likeness (QED) is 0.743. The molecule has 78 valence electrons. The molecule has 0 fully saturated rings. The van der Waals surface area contributed by atoms with Crippen molar-refractivity contribution in [2.45, 2.75) is 19.9 Å². The molecule has 0 unspecified atom stereocenters. The highest BCUT2D eigenvalue weighted by molar-refractivity contribution is 6.05. The molecule has 0 aliphatic carbocycles. The lowest BCUT2D eigenvalue weighted by Gasteiger charge is -1.94. The number of aromatic nitrogens is 5. The minimum Gasteiger partial charge on any atom is -0.285 e. The second kappa shape index (κ2) is 4.04. The standard InChI is InChI=1S/C9H11N5O/c1-2-3-14-5-7(4-12-14)8(15)9-10-6-11-13-9/h4-6H,2-3H2,1H3,(H,10,11,13). The van der Waals surface area contributed by atoms with Gasteiger partial charge in [-0.3, -0.25) is 14.6 Å². The van der Waals surface area contributed by atoms with Crippen LogP contribution in [0.15, 0.2) is 18.7 Å². The smallest absolute Gasteiger partial charge is 0.232 e. The Morgan fingerprint density at radius 2 is 2.47 bits per heavy atom. The summed E-state index contributed by atoms with van der Waals surface area (Å²) in [6, 6.07) is 0. The summed E-state index contributed by atoms with van der Waals surface area (Å²) in [7, 11) is 0. The normalized spacial score (nSPS) is 10.5. The van der Waals surface area contributed by atoms with Crippen molar-refractivity contribution in [1.82, 2.24) is 25.0 Å². The molecular formula is C9H11N5O. The van der Waals surface area contributed by atoms with E-state index < -0.39 is 0 Å². The number of H-pyrrole nitrogens is 1. The number of aryl methyl sites for hydroxylation is 1. The van der Waals surface area contributed by atoms with Crippen molar-refractivity contribution in [3.63, 3.8) is 0 Å². The predicted octanol–water partition coefficient (Wildman–Crippen LogP) is 0.642. The van der Waals surface area contributed by atoms with Gasteiger partial charge in [-0.2, -0.15) is 10.2 Å². The summed E-state index contributed by atoms with van der Waals surface area (Å²) in [4.78, 5) is 15.5. The molecule has 1 N–H and O–H groups in total. The van der Waals surface area contributed by atoms with Gasteiger partial charge in [0.2, 0.25) is 5.78 Å². The highest BCUT2D eigenvalue weighted by Gasteiger charge is 2.13. The van der Waals surface area contributed by atoms with E-state index in [4.69, 9.17) is 0 Å². The van der Waals surface area contributed by atoms with E-state index in [1.807, 2.05) is 0 Å². The Hall–Kier alpha value is -1.98. The van der Waals surface area contributed by atoms with Crippen LogP contribution in [0.2, 0.25) is 0 Å². The SMILES string of the molecule is CCCn1cc(C(=O)c2ncn[nH]2)cn1. The Balaban J connectivity index is 2.19. The Kier molecular flexibility index (Phi) is 2.57. The lowest BCUT2D eigenvalue weighted by atomic mass is 10.2. The van der Waals surface area contributed by atoms with Gasteiger partial charge in [-0.05, 0) is 6.42 Å². The van der Waals surface area contributed by atoms with Gasteiger partial charge < -0.3 is 0 Å². The fourth-order valence-electron chi connectivity index (χ4n) is 1.28. The average Bonchev–Trinajstić information content (AvgIpc) is 2.87. The summed E-state index contributed by atoms with van der Waals surface area (Å²) in [6.07, 6.45) is 5.55. The molecule has 0 aliphatic rings. The van der Waals surface area contributed by atoms with Crippen LogP contribution in [-0.2, 0) is 6.54 Å². The van der Waals surface area contributed by atoms with E-state index in [0.29, 0.717) is 5.56 Å². The lowest BCUT2D eigenvalue weighted by molar-refractivity contribution is 0.102. The minimum absolute atomic E-state index is 0.185. The largest absolute Gasteiger partial charge is 0.285 e. The van der Waals surface area contributed by atoms with Crippen LogP contribution >= 0.6 is 0 Å². The van der Waals surface area contributed by atoms with Gasteiger partial charge in [-0.15, -0.1) is 0 Å². The predicted molar refractivity (Wildman–Crippen MR) is 52.3 cm³/mol. The Bertz CT molecular complexity index is 445. The molecular weight excluding hydrogens is 194 g/mol. The molecule has 2 rings (SSSR count). The van der Waals surface area contributed by atoms with E-state index in [1.54, 1.807) is 17.1 Å². The summed E-state index contributed by atoms with van der Waals surface area (Å²) >= 11 is 0. The van der Waals surface area contributed by atoms with Gasteiger partial charge in [0.15, 0.2) is 5.82 Å². The third kappa shape index (κ3) is 1.93. The molecule has 15 heavy (non-hydrogen) atoms. The van der Waals surface area contributed by atoms with Crippen molar-refractivity contribution >= 4 is 5.78 Å². The molecule has 2 aromatic rings. The van der Waals surface area contributed by atoms with Gasteiger partial charge in [0.1, 0.15) is 6.33 Å². The summed E-state index contributed by atoms with van der Waals surface area (Å²) in [5, 5.41) is 10.2. The molecule has 0 amide bonds. The van der Waals surface area contributed by atoms with E-state index in [1.165, 1.54) is 6.33 Å². The molecule has 0 radical (unpaired) electrons. The van der Waals surface area contributed by atoms with Gasteiger partial charge in [-0.25, -0.2) is 4.98 Å².